The average molecular weight is 1570 g/mol. The predicted octanol–water partition coefficient (Wildman–Crippen LogP) is 13.8. The maximum atomic E-state index is 12.5. The first-order valence-corrected chi connectivity index (χ1v) is 31.0. The summed E-state index contributed by atoms with van der Waals surface area (Å²) in [6.45, 7) is 29.6. The third kappa shape index (κ3) is 30.8. The maximum Gasteiger partial charge on any atom is 2.00 e. The van der Waals surface area contributed by atoms with Gasteiger partial charge in [-0.15, -0.1) is 0 Å². The molecule has 542 valence electrons. The van der Waals surface area contributed by atoms with Gasteiger partial charge in [-0.25, -0.2) is 28.3 Å². The van der Waals surface area contributed by atoms with E-state index in [4.69, 9.17) is 106 Å². The van der Waals surface area contributed by atoms with Gasteiger partial charge in [-0.2, -0.15) is 0 Å². The van der Waals surface area contributed by atoms with Crippen LogP contribution in [0.25, 0.3) is 32.7 Å². The van der Waals surface area contributed by atoms with Gasteiger partial charge in [0.2, 0.25) is 0 Å². The predicted molar refractivity (Wildman–Crippen MR) is 384 cm³/mol. The summed E-state index contributed by atoms with van der Waals surface area (Å²) in [5, 5.41) is 53.0. The van der Waals surface area contributed by atoms with Crippen LogP contribution >= 0.6 is 58.0 Å². The number of carbonyl (C=O) groups is 4. The van der Waals surface area contributed by atoms with Gasteiger partial charge in [0.25, 0.3) is 0 Å². The summed E-state index contributed by atoms with van der Waals surface area (Å²) in [6, 6.07) is 23.4. The van der Waals surface area contributed by atoms with Gasteiger partial charge in [0.05, 0.1) is 64.5 Å². The number of benzene rings is 5. The number of fused-ring (bicyclic) bond motifs is 3. The van der Waals surface area contributed by atoms with Gasteiger partial charge in [-0.1, -0.05) is 58.0 Å². The molecule has 26 nitrogen and oxygen atoms in total. The molecular weight excluding hydrogens is 1490 g/mol. The Morgan fingerprint density at radius 1 is 0.560 bits per heavy atom. The average Bonchev–Trinajstić information content (AvgIpc) is 1.61. The van der Waals surface area contributed by atoms with Crippen molar-refractivity contribution >= 4 is 162 Å². The molecule has 4 heterocycles. The Morgan fingerprint density at radius 2 is 0.970 bits per heavy atom. The van der Waals surface area contributed by atoms with Crippen LogP contribution in [0.2, 0.25) is 25.1 Å². The molecule has 4 N–H and O–H groups in total. The molecule has 0 aliphatic carbocycles. The number of aromatic amines is 1. The summed E-state index contributed by atoms with van der Waals surface area (Å²) in [6.07, 6.45) is 2.72. The van der Waals surface area contributed by atoms with Crippen LogP contribution in [-0.2, 0) is 28.4 Å². The fourth-order valence-corrected chi connectivity index (χ4v) is 8.76. The van der Waals surface area contributed by atoms with E-state index in [9.17, 15) is 49.5 Å². The second-order valence-corrected chi connectivity index (χ2v) is 25.9. The first-order chi connectivity index (χ1) is 45.6. The molecule has 0 atom stereocenters. The Hall–Kier alpha value is -7.42. The number of nitro benzene ring substituents is 2. The molecule has 5 aromatic carbocycles. The van der Waals surface area contributed by atoms with Gasteiger partial charge in [0, 0.05) is 63.9 Å². The van der Waals surface area contributed by atoms with E-state index in [2.05, 4.69) is 22.9 Å². The number of nitrogens with zero attached hydrogens (tertiary/aromatic N) is 4. The van der Waals surface area contributed by atoms with E-state index in [0.717, 1.165) is 50.9 Å². The van der Waals surface area contributed by atoms with Crippen molar-refractivity contribution < 1.29 is 109 Å². The number of methoxy groups -OCH3 is 4. The number of nitro groups is 2. The standard InChI is InChI=1S/C14H17BClNO5.C14H16ClNO3.C10H18O5.C9H8ClNO.C7H6ClNO3.C6H4ClNO3.C4H8O.C2H3.BrH.Mg/c1-14(2,3)22-13(18)17-11(15(19)20)7-8-9(16)5-6-10(21-4)12(8)17;1-14(2,3)19-13(17)16-8-7-9-10(15)5-6-11(18-4)12(9)16;1-9(2,3)14-7(11)13-8(12)15-10(4,5)6;1-12-8-3-2-7(10)6-4-5-11-9(6)8;1-12-7-3-2-5(8)4-6(7)9(10)11;7-4-1-2-6(9)5(3-4)8(10)11;1-2-4-5-3-1;1-2;;/h5-7,19-20H,1-4H3;5-8H,1-4H3;1-6H3;2-5,11H,1H3;2-4H,1H3;1-3,9H;1-4H2;1H,2H2;1H;/q;;;;;;;-1;;+2/p-1. The molecule has 1 fully saturated rings. The van der Waals surface area contributed by atoms with Gasteiger partial charge in [0.1, 0.15) is 50.7 Å². The number of phenols is 1. The molecule has 100 heavy (non-hydrogen) atoms. The van der Waals surface area contributed by atoms with E-state index in [1.54, 1.807) is 113 Å². The van der Waals surface area contributed by atoms with E-state index in [-0.39, 0.29) is 73.5 Å². The summed E-state index contributed by atoms with van der Waals surface area (Å²) in [7, 11) is 4.15. The van der Waals surface area contributed by atoms with Crippen LogP contribution in [0.3, 0.4) is 0 Å². The molecule has 1 saturated heterocycles. The number of carbonyl (C=O) groups excluding carboxylic acids is 4. The molecule has 0 spiro atoms. The molecule has 9 rings (SSSR count). The molecule has 0 bridgehead atoms. The van der Waals surface area contributed by atoms with Crippen molar-refractivity contribution in [3.63, 3.8) is 0 Å². The zero-order valence-corrected chi connectivity index (χ0v) is 64.7. The van der Waals surface area contributed by atoms with Crippen LogP contribution in [0.1, 0.15) is 95.9 Å². The van der Waals surface area contributed by atoms with Crippen LogP contribution in [0, 0.1) is 26.8 Å². The normalized spacial score (nSPS) is 11.2. The van der Waals surface area contributed by atoms with Crippen molar-refractivity contribution in [3.05, 3.63) is 162 Å². The van der Waals surface area contributed by atoms with Crippen LogP contribution in [0.15, 0.2) is 110 Å². The van der Waals surface area contributed by atoms with E-state index in [1.807, 2.05) is 45.2 Å². The van der Waals surface area contributed by atoms with E-state index in [0.29, 0.717) is 43.0 Å². The second kappa shape index (κ2) is 42.7. The fraction of sp³-hybridized carbons (Fsp3) is 0.364. The number of aromatic nitrogens is 3. The number of H-pyrrole nitrogens is 1. The minimum absolute atomic E-state index is 0. The quantitative estimate of drug-likeness (QED) is 0.0219. The molecule has 0 radical (unpaired) electrons. The van der Waals surface area contributed by atoms with Crippen LogP contribution in [-0.4, -0.2) is 158 Å². The Morgan fingerprint density at radius 3 is 1.39 bits per heavy atom. The molecule has 0 unspecified atom stereocenters. The summed E-state index contributed by atoms with van der Waals surface area (Å²) in [5.41, 5.74) is -1.34. The molecule has 3 aromatic heterocycles. The topological polar surface area (TPSA) is 333 Å². The number of halogens is 6. The third-order valence-corrected chi connectivity index (χ3v) is 13.1. The molecular formula is C66H80BBrCl5MgN5O21. The first-order valence-electron chi connectivity index (χ1n) is 29.1. The van der Waals surface area contributed by atoms with Gasteiger partial charge in [-0.05, 0) is 175 Å². The van der Waals surface area contributed by atoms with Crippen molar-refractivity contribution in [2.24, 2.45) is 0 Å². The molecule has 34 heteroatoms. The van der Waals surface area contributed by atoms with Gasteiger partial charge < -0.3 is 91.1 Å². The minimum Gasteiger partial charge on any atom is -1.00 e. The molecule has 1 aliphatic rings. The van der Waals surface area contributed by atoms with Crippen molar-refractivity contribution in [1.82, 2.24) is 14.1 Å². The Kier molecular flexibility index (Phi) is 39.6. The minimum atomic E-state index is -1.86. The van der Waals surface area contributed by atoms with Crippen molar-refractivity contribution in [3.8, 4) is 28.7 Å². The molecule has 1 aliphatic heterocycles. The monoisotopic (exact) mass is 1570 g/mol. The Labute approximate surface area is 631 Å². The Bertz CT molecular complexity index is 3960. The maximum absolute atomic E-state index is 12.5. The number of phenolic OH excluding ortho intramolecular Hbond substituents is 1. The van der Waals surface area contributed by atoms with Crippen LogP contribution in [0.4, 0.5) is 30.6 Å². The zero-order chi connectivity index (χ0) is 74.8. The van der Waals surface area contributed by atoms with Crippen LogP contribution in [0.5, 0.6) is 28.7 Å². The smallest absolute Gasteiger partial charge is 1.00 e. The summed E-state index contributed by atoms with van der Waals surface area (Å²) >= 11 is 29.2. The number of hydrogen-bond donors (Lipinski definition) is 4. The summed E-state index contributed by atoms with van der Waals surface area (Å²) in [4.78, 5) is 69.0. The van der Waals surface area contributed by atoms with E-state index in [1.165, 1.54) is 68.0 Å². The fourth-order valence-electron chi connectivity index (χ4n) is 7.79. The summed E-state index contributed by atoms with van der Waals surface area (Å²) < 4.78 is 52.3. The Balaban J connectivity index is 0.00000117. The molecule has 8 aromatic rings. The van der Waals surface area contributed by atoms with Gasteiger partial charge >= 0.3 is 66.0 Å². The van der Waals surface area contributed by atoms with Crippen molar-refractivity contribution in [2.45, 2.75) is 118 Å². The van der Waals surface area contributed by atoms with Gasteiger partial charge in [-0.3, -0.25) is 26.8 Å². The summed E-state index contributed by atoms with van der Waals surface area (Å²) in [5.74, 6) is 1.61. The molecule has 0 saturated carbocycles. The number of aromatic hydroxyl groups is 1. The van der Waals surface area contributed by atoms with Crippen LogP contribution < -0.4 is 41.5 Å². The number of ether oxygens (including phenoxy) is 10. The number of hydrogen-bond acceptors (Lipinski definition) is 21. The van der Waals surface area contributed by atoms with E-state index < -0.39 is 63.9 Å². The van der Waals surface area contributed by atoms with Crippen molar-refractivity contribution in [2.75, 3.05) is 41.7 Å². The number of nitrogens with one attached hydrogen (secondary N) is 1. The zero-order valence-electron chi connectivity index (χ0n) is 58.0. The molecule has 0 amide bonds. The third-order valence-electron chi connectivity index (χ3n) is 11.6. The SMILES string of the molecule is C1CCOC1.CC(C)(C)OC(=O)OC(=O)OC(C)(C)C.COc1ccc(Cl)c2cc(B(O)O)n(C(=O)OC(C)(C)C)c12.COc1ccc(Cl)c2cc[nH]c12.COc1ccc(Cl)c2ccn(C(=O)OC(C)(C)C)c12.COc1ccc(Cl)cc1[N+](=O)[O-].O=[N+]([O-])c1cc(Cl)ccc1O.[Br-].[CH-]=C.[Mg+2]. The number of rotatable bonds is 7. The van der Waals surface area contributed by atoms with Crippen molar-refractivity contribution in [1.29, 1.82) is 0 Å². The van der Waals surface area contributed by atoms with E-state index >= 15 is 0 Å². The second-order valence-electron chi connectivity index (χ2n) is 23.8. The first kappa shape index (κ1) is 92.6. The van der Waals surface area contributed by atoms with Gasteiger partial charge in [0.15, 0.2) is 11.5 Å². The largest absolute Gasteiger partial charge is 2.00 e.